The second-order valence-corrected chi connectivity index (χ2v) is 9.48. The molecule has 0 spiro atoms. The third-order valence-corrected chi connectivity index (χ3v) is 7.43. The highest BCUT2D eigenvalue weighted by atomic mass is 35.5. The number of rotatable bonds is 6. The zero-order valence-electron chi connectivity index (χ0n) is 15.0. The summed E-state index contributed by atoms with van der Waals surface area (Å²) in [6, 6.07) is 0.759. The molecule has 2 fully saturated rings. The molecule has 2 aliphatic rings. The van der Waals surface area contributed by atoms with Crippen LogP contribution >= 0.6 is 23.2 Å². The molecule has 0 aromatic heterocycles. The molecule has 3 rings (SSSR count). The molecule has 0 saturated carbocycles. The summed E-state index contributed by atoms with van der Waals surface area (Å²) in [7, 11) is -2.74. The summed E-state index contributed by atoms with van der Waals surface area (Å²) in [5.74, 6) is -1.78. The van der Waals surface area contributed by atoms with Crippen molar-refractivity contribution in [3.8, 4) is 0 Å². The molecule has 2 heterocycles. The van der Waals surface area contributed by atoms with Crippen LogP contribution in [-0.2, 0) is 24.3 Å². The Kier molecular flexibility index (Phi) is 6.21. The molecule has 3 atom stereocenters. The number of ether oxygens (including phenoxy) is 1. The lowest BCUT2D eigenvalue weighted by atomic mass is 9.87. The molecule has 1 unspecified atom stereocenters. The lowest BCUT2D eigenvalue weighted by Crippen LogP contribution is -2.71. The first-order valence-electron chi connectivity index (χ1n) is 8.70. The molecule has 28 heavy (non-hydrogen) atoms. The molecule has 0 radical (unpaired) electrons. The fourth-order valence-electron chi connectivity index (χ4n) is 3.95. The third-order valence-electron chi connectivity index (χ3n) is 5.08. The lowest BCUT2D eigenvalue weighted by Gasteiger charge is -2.51. The molecule has 154 valence electrons. The number of fused-ring (bicyclic) bond motifs is 2. The van der Waals surface area contributed by atoms with Gasteiger partial charge in [0.1, 0.15) is 12.1 Å². The number of hydrogen-bond acceptors (Lipinski definition) is 5. The highest BCUT2D eigenvalue weighted by Gasteiger charge is 2.55. The summed E-state index contributed by atoms with van der Waals surface area (Å²) >= 11 is 11.9. The topological polar surface area (TPSA) is 104 Å². The molecule has 0 aliphatic carbocycles. The maximum Gasteiger partial charge on any atom is 0.328 e. The number of benzene rings is 1. The average molecular weight is 451 g/mol. The lowest BCUT2D eigenvalue weighted by molar-refractivity contribution is -0.164. The summed E-state index contributed by atoms with van der Waals surface area (Å²) in [6.45, 7) is 0.238. The predicted octanol–water partition coefficient (Wildman–Crippen LogP) is 1.85. The van der Waals surface area contributed by atoms with Gasteiger partial charge in [-0.1, -0.05) is 23.2 Å². The van der Waals surface area contributed by atoms with Crippen molar-refractivity contribution < 1.29 is 27.9 Å². The minimum atomic E-state index is -4.19. The monoisotopic (exact) mass is 450 g/mol. The summed E-state index contributed by atoms with van der Waals surface area (Å²) in [5, 5.41) is 10.1. The second-order valence-electron chi connectivity index (χ2n) is 6.76. The van der Waals surface area contributed by atoms with E-state index in [0.29, 0.717) is 19.3 Å². The van der Waals surface area contributed by atoms with Crippen molar-refractivity contribution in [2.75, 3.05) is 20.3 Å². The van der Waals surface area contributed by atoms with Crippen LogP contribution < -0.4 is 0 Å². The van der Waals surface area contributed by atoms with E-state index in [0.717, 1.165) is 4.31 Å². The van der Waals surface area contributed by atoms with E-state index in [9.17, 15) is 23.1 Å². The number of sulfonamides is 1. The van der Waals surface area contributed by atoms with Crippen LogP contribution in [0, 0.1) is 0 Å². The first kappa shape index (κ1) is 21.3. The Morgan fingerprint density at radius 2 is 1.89 bits per heavy atom. The Labute approximate surface area is 173 Å². The van der Waals surface area contributed by atoms with Gasteiger partial charge < -0.3 is 14.7 Å². The Hall–Kier alpha value is -1.39. The Morgan fingerprint density at radius 1 is 1.25 bits per heavy atom. The summed E-state index contributed by atoms with van der Waals surface area (Å²) in [6.07, 6.45) is 1.21. The number of carbonyl (C=O) groups is 2. The SMILES string of the molecule is COCCN1C(=O)C2CCC[C@@H]([C@H]1C(=O)O)N2S(=O)(=O)c1cc(Cl)cc(Cl)c1. The van der Waals surface area contributed by atoms with Gasteiger partial charge in [-0.2, -0.15) is 4.31 Å². The minimum Gasteiger partial charge on any atom is -0.480 e. The number of amides is 1. The van der Waals surface area contributed by atoms with E-state index in [4.69, 9.17) is 27.9 Å². The van der Waals surface area contributed by atoms with Gasteiger partial charge in [0.15, 0.2) is 0 Å². The van der Waals surface area contributed by atoms with E-state index in [1.54, 1.807) is 0 Å². The van der Waals surface area contributed by atoms with E-state index in [1.165, 1.54) is 30.2 Å². The number of nitrogens with zero attached hydrogens (tertiary/aromatic N) is 2. The van der Waals surface area contributed by atoms with Crippen molar-refractivity contribution in [1.29, 1.82) is 0 Å². The van der Waals surface area contributed by atoms with Crippen molar-refractivity contribution >= 4 is 45.1 Å². The number of carboxylic acids is 1. The van der Waals surface area contributed by atoms with E-state index in [1.807, 2.05) is 0 Å². The van der Waals surface area contributed by atoms with Crippen molar-refractivity contribution in [1.82, 2.24) is 9.21 Å². The number of carboxylic acid groups (broad SMARTS) is 1. The summed E-state index contributed by atoms with van der Waals surface area (Å²) in [4.78, 5) is 26.1. The van der Waals surface area contributed by atoms with E-state index in [2.05, 4.69) is 0 Å². The van der Waals surface area contributed by atoms with Crippen molar-refractivity contribution in [2.24, 2.45) is 0 Å². The number of hydrogen-bond donors (Lipinski definition) is 1. The maximum atomic E-state index is 13.4. The van der Waals surface area contributed by atoms with Gasteiger partial charge in [0, 0.05) is 23.7 Å². The third kappa shape index (κ3) is 3.73. The van der Waals surface area contributed by atoms with Crippen molar-refractivity contribution in [3.05, 3.63) is 28.2 Å². The molecular formula is C17H20Cl2N2O6S. The molecular weight excluding hydrogens is 431 g/mol. The number of piperazine rings is 1. The highest BCUT2D eigenvalue weighted by molar-refractivity contribution is 7.89. The number of halogens is 2. The number of methoxy groups -OCH3 is 1. The molecule has 1 aromatic carbocycles. The number of piperidine rings is 1. The molecule has 1 amide bonds. The number of likely N-dealkylation sites (tertiary alicyclic amines) is 1. The van der Waals surface area contributed by atoms with Crippen molar-refractivity contribution in [3.63, 3.8) is 0 Å². The van der Waals surface area contributed by atoms with Gasteiger partial charge in [-0.3, -0.25) is 4.79 Å². The van der Waals surface area contributed by atoms with Crippen LogP contribution in [0.2, 0.25) is 10.0 Å². The van der Waals surface area contributed by atoms with Crippen LogP contribution in [-0.4, -0.2) is 73.0 Å². The van der Waals surface area contributed by atoms with E-state index >= 15 is 0 Å². The predicted molar refractivity (Wildman–Crippen MR) is 102 cm³/mol. The zero-order valence-corrected chi connectivity index (χ0v) is 17.4. The largest absolute Gasteiger partial charge is 0.480 e. The quantitative estimate of drug-likeness (QED) is 0.708. The van der Waals surface area contributed by atoms with Gasteiger partial charge in [-0.15, -0.1) is 0 Å². The fourth-order valence-corrected chi connectivity index (χ4v) is 6.51. The Balaban J connectivity index is 2.08. The molecule has 1 N–H and O–H groups in total. The highest BCUT2D eigenvalue weighted by Crippen LogP contribution is 2.38. The van der Waals surface area contributed by atoms with Gasteiger partial charge in [0.25, 0.3) is 0 Å². The molecule has 2 saturated heterocycles. The van der Waals surface area contributed by atoms with Crippen LogP contribution in [0.3, 0.4) is 0 Å². The van der Waals surface area contributed by atoms with Crippen LogP contribution in [0.1, 0.15) is 19.3 Å². The molecule has 1 aromatic rings. The molecule has 2 aliphatic heterocycles. The first-order valence-corrected chi connectivity index (χ1v) is 10.9. The number of carbonyl (C=O) groups excluding carboxylic acids is 1. The van der Waals surface area contributed by atoms with Crippen molar-refractivity contribution in [2.45, 2.75) is 42.3 Å². The zero-order chi connectivity index (χ0) is 20.6. The van der Waals surface area contributed by atoms with Crippen LogP contribution in [0.4, 0.5) is 0 Å². The van der Waals surface area contributed by atoms with E-state index < -0.39 is 40.0 Å². The molecule has 8 nitrogen and oxygen atoms in total. The summed E-state index contributed by atoms with van der Waals surface area (Å²) < 4.78 is 32.7. The smallest absolute Gasteiger partial charge is 0.328 e. The van der Waals surface area contributed by atoms with Crippen LogP contribution in [0.15, 0.2) is 23.1 Å². The first-order chi connectivity index (χ1) is 13.2. The fraction of sp³-hybridized carbons (Fsp3) is 0.529. The molecule has 11 heteroatoms. The van der Waals surface area contributed by atoms with Gasteiger partial charge in [-0.05, 0) is 37.5 Å². The van der Waals surface area contributed by atoms with Gasteiger partial charge in [-0.25, -0.2) is 13.2 Å². The van der Waals surface area contributed by atoms with Gasteiger partial charge in [0.05, 0.1) is 17.5 Å². The summed E-state index contributed by atoms with van der Waals surface area (Å²) in [5.41, 5.74) is 0. The minimum absolute atomic E-state index is 0.0795. The second kappa shape index (κ2) is 8.16. The average Bonchev–Trinajstić information content (AvgIpc) is 2.62. The molecule has 2 bridgehead atoms. The van der Waals surface area contributed by atoms with Crippen LogP contribution in [0.25, 0.3) is 0 Å². The maximum absolute atomic E-state index is 13.4. The normalized spacial score (nSPS) is 25.8. The standard InChI is InChI=1S/C17H20Cl2N2O6S/c1-27-6-5-20-15(17(23)24)13-3-2-4-14(16(20)22)21(13)28(25,26)12-8-10(18)7-11(19)9-12/h7-9,13-15H,2-6H2,1H3,(H,23,24)/t13-,14?,15-/m0/s1. The van der Waals surface area contributed by atoms with E-state index in [-0.39, 0.29) is 28.1 Å². The van der Waals surface area contributed by atoms with Crippen LogP contribution in [0.5, 0.6) is 0 Å². The van der Waals surface area contributed by atoms with Gasteiger partial charge in [0.2, 0.25) is 15.9 Å². The Morgan fingerprint density at radius 3 is 2.46 bits per heavy atom. The Bertz CT molecular complexity index is 873. The number of aliphatic carboxylic acids is 1. The van der Waals surface area contributed by atoms with Gasteiger partial charge >= 0.3 is 5.97 Å².